The van der Waals surface area contributed by atoms with Crippen molar-refractivity contribution >= 4 is 17.9 Å². The number of ether oxygens (including phenoxy) is 2. The number of aliphatic hydroxyl groups is 1. The van der Waals surface area contributed by atoms with Crippen LogP contribution < -0.4 is 0 Å². The molecule has 2 N–H and O–H groups in total. The van der Waals surface area contributed by atoms with E-state index in [9.17, 15) is 14.4 Å². The van der Waals surface area contributed by atoms with Crippen LogP contribution in [-0.2, 0) is 23.9 Å². The summed E-state index contributed by atoms with van der Waals surface area (Å²) >= 11 is 0. The Kier molecular flexibility index (Phi) is 17.1. The molecule has 0 aliphatic carbocycles. The lowest BCUT2D eigenvalue weighted by molar-refractivity contribution is -0.148. The SMILES string of the molecule is C=C(C)C(=O)OCCCO.C=CC(=O)O.C=CC(=O)OC(C)(C)C. The summed E-state index contributed by atoms with van der Waals surface area (Å²) in [6.45, 7) is 17.0. The quantitative estimate of drug-likeness (QED) is 0.432. The molecule has 0 aromatic rings. The number of carboxylic acids is 1. The van der Waals surface area contributed by atoms with Gasteiger partial charge in [-0.15, -0.1) is 0 Å². The van der Waals surface area contributed by atoms with Gasteiger partial charge in [-0.05, 0) is 27.7 Å². The maximum atomic E-state index is 10.6. The molecule has 0 bridgehead atoms. The number of aliphatic carboxylic acids is 1. The highest BCUT2D eigenvalue weighted by molar-refractivity contribution is 5.86. The lowest BCUT2D eigenvalue weighted by Crippen LogP contribution is -2.22. The fraction of sp³-hybridized carbons (Fsp3) is 0.471. The number of esters is 2. The number of rotatable bonds is 6. The van der Waals surface area contributed by atoms with Crippen molar-refractivity contribution in [2.75, 3.05) is 13.2 Å². The minimum Gasteiger partial charge on any atom is -0.478 e. The first kappa shape index (κ1) is 26.5. The minimum absolute atomic E-state index is 0.0451. The van der Waals surface area contributed by atoms with Crippen molar-refractivity contribution in [3.63, 3.8) is 0 Å². The molecule has 0 rings (SSSR count). The normalized spacial score (nSPS) is 9.04. The predicted molar refractivity (Wildman–Crippen MR) is 91.4 cm³/mol. The van der Waals surface area contributed by atoms with Gasteiger partial charge < -0.3 is 19.7 Å². The van der Waals surface area contributed by atoms with Crippen molar-refractivity contribution in [3.8, 4) is 0 Å². The summed E-state index contributed by atoms with van der Waals surface area (Å²) in [4.78, 5) is 30.4. The van der Waals surface area contributed by atoms with Crippen molar-refractivity contribution in [1.29, 1.82) is 0 Å². The Morgan fingerprint density at radius 3 is 1.79 bits per heavy atom. The molecule has 24 heavy (non-hydrogen) atoms. The van der Waals surface area contributed by atoms with E-state index in [0.717, 1.165) is 12.2 Å². The molecular weight excluding hydrogens is 316 g/mol. The van der Waals surface area contributed by atoms with Crippen LogP contribution in [0.15, 0.2) is 37.5 Å². The van der Waals surface area contributed by atoms with Gasteiger partial charge in [-0.1, -0.05) is 19.7 Å². The topological polar surface area (TPSA) is 110 Å². The summed E-state index contributed by atoms with van der Waals surface area (Å²) in [6, 6.07) is 0. The molecule has 0 fully saturated rings. The van der Waals surface area contributed by atoms with Crippen LogP contribution in [0.1, 0.15) is 34.1 Å². The summed E-state index contributed by atoms with van der Waals surface area (Å²) in [7, 11) is 0. The number of hydrogen-bond acceptors (Lipinski definition) is 6. The van der Waals surface area contributed by atoms with Crippen molar-refractivity contribution in [1.82, 2.24) is 0 Å². The van der Waals surface area contributed by atoms with Crippen LogP contribution in [0.5, 0.6) is 0 Å². The Balaban J connectivity index is -0.000000291. The molecule has 0 saturated heterocycles. The average molecular weight is 344 g/mol. The number of carbonyl (C=O) groups excluding carboxylic acids is 2. The van der Waals surface area contributed by atoms with Crippen LogP contribution in [0.4, 0.5) is 0 Å². The minimum atomic E-state index is -0.981. The Bertz CT molecular complexity index is 431. The molecule has 0 unspecified atom stereocenters. The largest absolute Gasteiger partial charge is 0.478 e. The third-order valence-electron chi connectivity index (χ3n) is 1.63. The van der Waals surface area contributed by atoms with Gasteiger partial charge in [-0.25, -0.2) is 14.4 Å². The van der Waals surface area contributed by atoms with Crippen molar-refractivity contribution in [2.45, 2.75) is 39.7 Å². The van der Waals surface area contributed by atoms with Crippen molar-refractivity contribution in [3.05, 3.63) is 37.5 Å². The standard InChI is InChI=1S/C7H12O3.C7H12O2.C3H4O2/c1-6(2)7(9)10-5-3-4-8;1-5-6(8)9-7(2,3)4;1-2-3(4)5/h8H,1,3-5H2,2H3;5H,1H2,2-4H3;2H,1H2,(H,4,5). The van der Waals surface area contributed by atoms with Gasteiger partial charge in [-0.2, -0.15) is 0 Å². The summed E-state index contributed by atoms with van der Waals surface area (Å²) in [6.07, 6.45) is 2.48. The van der Waals surface area contributed by atoms with Crippen LogP contribution in [0, 0.1) is 0 Å². The molecule has 0 amide bonds. The average Bonchev–Trinajstić information content (AvgIpc) is 2.46. The Hall–Kier alpha value is -2.41. The lowest BCUT2D eigenvalue weighted by Gasteiger charge is -2.17. The molecule has 0 heterocycles. The van der Waals surface area contributed by atoms with E-state index in [1.165, 1.54) is 0 Å². The molecular formula is C17H28O7. The van der Waals surface area contributed by atoms with E-state index in [2.05, 4.69) is 24.5 Å². The highest BCUT2D eigenvalue weighted by Gasteiger charge is 2.12. The second-order valence-electron chi connectivity index (χ2n) is 5.27. The van der Waals surface area contributed by atoms with Gasteiger partial charge in [0.05, 0.1) is 6.61 Å². The number of carbonyl (C=O) groups is 3. The van der Waals surface area contributed by atoms with Crippen LogP contribution in [0.25, 0.3) is 0 Å². The van der Waals surface area contributed by atoms with Gasteiger partial charge in [0.1, 0.15) is 5.60 Å². The Morgan fingerprint density at radius 1 is 1.12 bits per heavy atom. The fourth-order valence-electron chi connectivity index (χ4n) is 0.696. The first-order valence-corrected chi connectivity index (χ1v) is 7.05. The highest BCUT2D eigenvalue weighted by atomic mass is 16.6. The third kappa shape index (κ3) is 27.9. The summed E-state index contributed by atoms with van der Waals surface area (Å²) in [5.41, 5.74) is -0.0106. The maximum absolute atomic E-state index is 10.6. The van der Waals surface area contributed by atoms with E-state index >= 15 is 0 Å². The molecule has 7 heteroatoms. The molecule has 138 valence electrons. The van der Waals surface area contributed by atoms with E-state index in [4.69, 9.17) is 14.9 Å². The Labute approximate surface area is 143 Å². The van der Waals surface area contributed by atoms with E-state index in [1.807, 2.05) is 20.8 Å². The zero-order valence-electron chi connectivity index (χ0n) is 14.8. The van der Waals surface area contributed by atoms with Crippen LogP contribution >= 0.6 is 0 Å². The zero-order valence-corrected chi connectivity index (χ0v) is 14.8. The highest BCUT2D eigenvalue weighted by Crippen LogP contribution is 2.06. The molecule has 0 aliphatic heterocycles. The van der Waals surface area contributed by atoms with Gasteiger partial charge in [0, 0.05) is 30.8 Å². The number of hydrogen-bond donors (Lipinski definition) is 2. The van der Waals surface area contributed by atoms with Crippen LogP contribution in [0.2, 0.25) is 0 Å². The first-order valence-electron chi connectivity index (χ1n) is 7.05. The van der Waals surface area contributed by atoms with E-state index < -0.39 is 17.5 Å². The number of aliphatic hydroxyl groups excluding tert-OH is 1. The predicted octanol–water partition coefficient (Wildman–Crippen LogP) is 2.26. The molecule has 0 saturated carbocycles. The number of carboxylic acid groups (broad SMARTS) is 1. The van der Waals surface area contributed by atoms with Crippen molar-refractivity contribution in [2.24, 2.45) is 0 Å². The van der Waals surface area contributed by atoms with Gasteiger partial charge in [0.25, 0.3) is 0 Å². The van der Waals surface area contributed by atoms with E-state index in [-0.39, 0.29) is 19.2 Å². The fourth-order valence-corrected chi connectivity index (χ4v) is 0.696. The third-order valence-corrected chi connectivity index (χ3v) is 1.63. The molecule has 0 aliphatic rings. The molecule has 0 aromatic carbocycles. The monoisotopic (exact) mass is 344 g/mol. The summed E-state index contributed by atoms with van der Waals surface area (Å²) in [5, 5.41) is 15.9. The van der Waals surface area contributed by atoms with Crippen LogP contribution in [-0.4, -0.2) is 46.9 Å². The first-order chi connectivity index (χ1) is 10.9. The van der Waals surface area contributed by atoms with Gasteiger partial charge >= 0.3 is 17.9 Å². The second kappa shape index (κ2) is 15.5. The lowest BCUT2D eigenvalue weighted by atomic mass is 10.2. The molecule has 0 radical (unpaired) electrons. The van der Waals surface area contributed by atoms with Crippen molar-refractivity contribution < 1.29 is 34.1 Å². The van der Waals surface area contributed by atoms with Gasteiger partial charge in [0.2, 0.25) is 0 Å². The van der Waals surface area contributed by atoms with Crippen LogP contribution in [0.3, 0.4) is 0 Å². The van der Waals surface area contributed by atoms with Gasteiger partial charge in [-0.3, -0.25) is 0 Å². The molecule has 0 aromatic heterocycles. The Morgan fingerprint density at radius 2 is 1.58 bits per heavy atom. The second-order valence-corrected chi connectivity index (χ2v) is 5.27. The van der Waals surface area contributed by atoms with E-state index in [1.54, 1.807) is 6.92 Å². The van der Waals surface area contributed by atoms with Gasteiger partial charge in [0.15, 0.2) is 0 Å². The zero-order chi connectivity index (χ0) is 19.8. The van der Waals surface area contributed by atoms with E-state index in [0.29, 0.717) is 12.0 Å². The molecule has 0 spiro atoms. The summed E-state index contributed by atoms with van der Waals surface area (Å²) < 4.78 is 9.48. The smallest absolute Gasteiger partial charge is 0.333 e. The maximum Gasteiger partial charge on any atom is 0.333 e. The molecule has 7 nitrogen and oxygen atoms in total. The summed E-state index contributed by atoms with van der Waals surface area (Å²) in [5.74, 6) is -1.75. The molecule has 0 atom stereocenters.